The van der Waals surface area contributed by atoms with E-state index in [4.69, 9.17) is 9.47 Å². The van der Waals surface area contributed by atoms with E-state index < -0.39 is 22.0 Å². The quantitative estimate of drug-likeness (QED) is 0.692. The van der Waals surface area contributed by atoms with E-state index in [1.54, 1.807) is 0 Å². The Balaban J connectivity index is 2.51. The number of benzene rings is 1. The van der Waals surface area contributed by atoms with Gasteiger partial charge in [0.15, 0.2) is 17.3 Å². The molecule has 1 radical (unpaired) electrons. The summed E-state index contributed by atoms with van der Waals surface area (Å²) in [4.78, 5) is 25.3. The predicted molar refractivity (Wildman–Crippen MR) is 104 cm³/mol. The van der Waals surface area contributed by atoms with Gasteiger partial charge in [0, 0.05) is 12.5 Å². The third-order valence-corrected chi connectivity index (χ3v) is 6.41. The summed E-state index contributed by atoms with van der Waals surface area (Å²) >= 11 is 0. The number of unbranched alkanes of at least 4 members (excludes halogenated alkanes) is 1. The standard InChI is InChI=1S/C19H27N2O6S/c1-4-5-8-19(23)21(15-7-6-11-20-13-16(15)22)28(24,25)14-9-10-17(26-2)18(12-14)27-3/h9-10,12,15,20H,1,4-8,11,13H2,2-3H3/t15-/m0/s1. The van der Waals surface area contributed by atoms with E-state index in [2.05, 4.69) is 12.2 Å². The van der Waals surface area contributed by atoms with Crippen LogP contribution in [0.1, 0.15) is 32.1 Å². The lowest BCUT2D eigenvalue weighted by Crippen LogP contribution is -2.49. The molecule has 1 aliphatic heterocycles. The second-order valence-corrected chi connectivity index (χ2v) is 8.28. The van der Waals surface area contributed by atoms with Crippen molar-refractivity contribution < 1.29 is 27.5 Å². The summed E-state index contributed by atoms with van der Waals surface area (Å²) in [6.45, 7) is 4.32. The summed E-state index contributed by atoms with van der Waals surface area (Å²) in [6, 6.07) is 3.08. The van der Waals surface area contributed by atoms with Gasteiger partial charge in [-0.15, -0.1) is 0 Å². The summed E-state index contributed by atoms with van der Waals surface area (Å²) in [5.41, 5.74) is 0. The van der Waals surface area contributed by atoms with E-state index in [1.807, 2.05) is 0 Å². The molecule has 1 fully saturated rings. The fraction of sp³-hybridized carbons (Fsp3) is 0.526. The molecule has 1 aromatic carbocycles. The number of sulfonamides is 1. The van der Waals surface area contributed by atoms with Crippen LogP contribution in [-0.4, -0.2) is 57.8 Å². The molecule has 8 nitrogen and oxygen atoms in total. The smallest absolute Gasteiger partial charge is 0.267 e. The average molecular weight is 412 g/mol. The van der Waals surface area contributed by atoms with Crippen molar-refractivity contribution in [2.75, 3.05) is 27.3 Å². The van der Waals surface area contributed by atoms with Gasteiger partial charge in [0.1, 0.15) is 6.04 Å². The molecule has 0 bridgehead atoms. The first kappa shape index (κ1) is 22.2. The lowest BCUT2D eigenvalue weighted by molar-refractivity contribution is -0.133. The number of nitrogens with one attached hydrogen (secondary N) is 1. The van der Waals surface area contributed by atoms with E-state index >= 15 is 0 Å². The zero-order valence-corrected chi connectivity index (χ0v) is 17.1. The molecule has 0 aliphatic carbocycles. The van der Waals surface area contributed by atoms with Gasteiger partial charge in [-0.25, -0.2) is 12.7 Å². The highest BCUT2D eigenvalue weighted by Gasteiger charge is 2.39. The van der Waals surface area contributed by atoms with Gasteiger partial charge in [0.2, 0.25) is 5.91 Å². The zero-order valence-electron chi connectivity index (χ0n) is 16.3. The fourth-order valence-corrected chi connectivity index (χ4v) is 4.75. The van der Waals surface area contributed by atoms with Gasteiger partial charge >= 0.3 is 0 Å². The van der Waals surface area contributed by atoms with Crippen LogP contribution in [0.3, 0.4) is 0 Å². The van der Waals surface area contributed by atoms with Crippen LogP contribution in [0.5, 0.6) is 11.5 Å². The minimum Gasteiger partial charge on any atom is -0.493 e. The third kappa shape index (κ3) is 4.82. The van der Waals surface area contributed by atoms with Crippen molar-refractivity contribution >= 4 is 21.7 Å². The van der Waals surface area contributed by atoms with Gasteiger partial charge in [-0.2, -0.15) is 0 Å². The maximum atomic E-state index is 13.4. The molecule has 1 N–H and O–H groups in total. The number of amides is 1. The Hall–Kier alpha value is -2.13. The van der Waals surface area contributed by atoms with Crippen molar-refractivity contribution in [1.29, 1.82) is 0 Å². The highest BCUT2D eigenvalue weighted by Crippen LogP contribution is 2.32. The molecule has 9 heteroatoms. The van der Waals surface area contributed by atoms with Gasteiger partial charge in [-0.3, -0.25) is 9.59 Å². The summed E-state index contributed by atoms with van der Waals surface area (Å²) in [5, 5.41) is 2.96. The largest absolute Gasteiger partial charge is 0.493 e. The molecule has 28 heavy (non-hydrogen) atoms. The second-order valence-electron chi connectivity index (χ2n) is 6.47. The first-order valence-corrected chi connectivity index (χ1v) is 10.6. The maximum absolute atomic E-state index is 13.4. The lowest BCUT2D eigenvalue weighted by atomic mass is 10.1. The van der Waals surface area contributed by atoms with Crippen LogP contribution in [0.2, 0.25) is 0 Å². The van der Waals surface area contributed by atoms with Crippen LogP contribution in [0.4, 0.5) is 0 Å². The Bertz CT molecular complexity index is 809. The number of hydrogen-bond donors (Lipinski definition) is 1. The first-order chi connectivity index (χ1) is 13.4. The fourth-order valence-electron chi connectivity index (χ4n) is 3.11. The Morgan fingerprint density at radius 3 is 2.64 bits per heavy atom. The molecule has 2 rings (SSSR count). The van der Waals surface area contributed by atoms with Gasteiger partial charge in [-0.05, 0) is 37.9 Å². The number of ketones is 1. The van der Waals surface area contributed by atoms with Crippen molar-refractivity contribution in [3.8, 4) is 11.5 Å². The van der Waals surface area contributed by atoms with Crippen molar-refractivity contribution in [2.45, 2.75) is 43.0 Å². The number of methoxy groups -OCH3 is 2. The molecule has 0 unspecified atom stereocenters. The van der Waals surface area contributed by atoms with Gasteiger partial charge in [-0.1, -0.05) is 13.3 Å². The van der Waals surface area contributed by atoms with E-state index in [0.29, 0.717) is 31.6 Å². The molecule has 1 atom stereocenters. The minimum absolute atomic E-state index is 0.00717. The number of carbonyl (C=O) groups is 2. The van der Waals surface area contributed by atoms with Gasteiger partial charge in [0.25, 0.3) is 10.0 Å². The molecule has 0 aromatic heterocycles. The first-order valence-electron chi connectivity index (χ1n) is 9.18. The molecular weight excluding hydrogens is 384 g/mol. The molecule has 1 aliphatic rings. The van der Waals surface area contributed by atoms with E-state index in [-0.39, 0.29) is 35.8 Å². The van der Waals surface area contributed by atoms with Gasteiger partial charge < -0.3 is 14.8 Å². The minimum atomic E-state index is -4.26. The van der Waals surface area contributed by atoms with Crippen LogP contribution in [-0.2, 0) is 19.6 Å². The normalized spacial score (nSPS) is 17.7. The number of nitrogens with zero attached hydrogens (tertiary/aromatic N) is 1. The summed E-state index contributed by atoms with van der Waals surface area (Å²) in [5.74, 6) is -0.322. The van der Waals surface area contributed by atoms with E-state index in [1.165, 1.54) is 32.4 Å². The Morgan fingerprint density at radius 1 is 1.29 bits per heavy atom. The zero-order chi connectivity index (χ0) is 20.7. The topological polar surface area (TPSA) is 102 Å². The molecule has 155 valence electrons. The number of hydrogen-bond acceptors (Lipinski definition) is 7. The molecule has 0 saturated carbocycles. The summed E-state index contributed by atoms with van der Waals surface area (Å²) in [6.07, 6.45) is 1.82. The lowest BCUT2D eigenvalue weighted by Gasteiger charge is -2.29. The Morgan fingerprint density at radius 2 is 2.00 bits per heavy atom. The van der Waals surface area contributed by atoms with Crippen molar-refractivity contribution in [1.82, 2.24) is 9.62 Å². The SMILES string of the molecule is [CH2]CCCC(=O)N([C@H]1CCCNCC1=O)S(=O)(=O)c1ccc(OC)c(OC)c1. The van der Waals surface area contributed by atoms with Crippen LogP contribution in [0.25, 0.3) is 0 Å². The number of rotatable bonds is 8. The predicted octanol–water partition coefficient (Wildman–Crippen LogP) is 1.55. The molecule has 1 aromatic rings. The third-order valence-electron chi connectivity index (χ3n) is 4.58. The number of ether oxygens (including phenoxy) is 2. The van der Waals surface area contributed by atoms with Crippen molar-refractivity contribution in [3.05, 3.63) is 25.1 Å². The van der Waals surface area contributed by atoms with Crippen LogP contribution >= 0.6 is 0 Å². The Kier molecular flexibility index (Phi) is 7.82. The molecule has 1 heterocycles. The van der Waals surface area contributed by atoms with Crippen LogP contribution < -0.4 is 14.8 Å². The van der Waals surface area contributed by atoms with Crippen LogP contribution in [0, 0.1) is 6.92 Å². The highest BCUT2D eigenvalue weighted by atomic mass is 32.2. The number of carbonyl (C=O) groups excluding carboxylic acids is 2. The monoisotopic (exact) mass is 411 g/mol. The molecule has 0 spiro atoms. The van der Waals surface area contributed by atoms with Crippen molar-refractivity contribution in [2.24, 2.45) is 0 Å². The molecular formula is C19H27N2O6S. The Labute approximate surface area is 166 Å². The molecule has 1 saturated heterocycles. The highest BCUT2D eigenvalue weighted by molar-refractivity contribution is 7.89. The second kappa shape index (κ2) is 9.88. The summed E-state index contributed by atoms with van der Waals surface area (Å²) in [7, 11) is -1.42. The average Bonchev–Trinajstić information content (AvgIpc) is 2.90. The van der Waals surface area contributed by atoms with Crippen molar-refractivity contribution in [3.63, 3.8) is 0 Å². The van der Waals surface area contributed by atoms with Crippen LogP contribution in [0.15, 0.2) is 23.1 Å². The van der Waals surface area contributed by atoms with Gasteiger partial charge in [0.05, 0.1) is 25.7 Å². The molecule has 1 amide bonds. The summed E-state index contributed by atoms with van der Waals surface area (Å²) < 4.78 is 37.9. The van der Waals surface area contributed by atoms with E-state index in [9.17, 15) is 18.0 Å². The maximum Gasteiger partial charge on any atom is 0.267 e. The van der Waals surface area contributed by atoms with E-state index in [0.717, 1.165) is 4.31 Å². The number of Topliss-reactive ketones (excluding diaryl/α,β-unsaturated/α-hetero) is 1.